The average molecular weight is 275 g/mol. The zero-order chi connectivity index (χ0) is 15.0. The van der Waals surface area contributed by atoms with E-state index in [4.69, 9.17) is 15.2 Å². The number of rotatable bonds is 3. The molecule has 0 atom stereocenters. The van der Waals surface area contributed by atoms with Crippen molar-refractivity contribution in [2.24, 2.45) is 5.84 Å². The molecule has 2 heterocycles. The van der Waals surface area contributed by atoms with Crippen LogP contribution >= 0.6 is 0 Å². The molecule has 6 heteroatoms. The van der Waals surface area contributed by atoms with Crippen LogP contribution < -0.4 is 11.3 Å². The van der Waals surface area contributed by atoms with Crippen molar-refractivity contribution >= 4 is 19.0 Å². The van der Waals surface area contributed by atoms with E-state index >= 15 is 0 Å². The van der Waals surface area contributed by atoms with Crippen molar-refractivity contribution in [3.8, 4) is 0 Å². The summed E-state index contributed by atoms with van der Waals surface area (Å²) in [6, 6.07) is 1.89. The SMILES string of the molecule is Cc1cc(NN)ncc1/C=C/B1OC(C)(C)C(C)(C)O1. The Morgan fingerprint density at radius 2 is 1.85 bits per heavy atom. The molecule has 0 aliphatic carbocycles. The minimum absolute atomic E-state index is 0.317. The highest BCUT2D eigenvalue weighted by molar-refractivity contribution is 6.52. The highest BCUT2D eigenvalue weighted by atomic mass is 16.7. The number of nitrogens with one attached hydrogen (secondary N) is 1. The van der Waals surface area contributed by atoms with Crippen LogP contribution in [-0.4, -0.2) is 23.3 Å². The summed E-state index contributed by atoms with van der Waals surface area (Å²) in [5.41, 5.74) is 3.99. The van der Waals surface area contributed by atoms with Gasteiger partial charge in [0.25, 0.3) is 0 Å². The molecule has 1 aliphatic rings. The van der Waals surface area contributed by atoms with Crippen LogP contribution in [0.3, 0.4) is 0 Å². The van der Waals surface area contributed by atoms with Gasteiger partial charge in [0.15, 0.2) is 0 Å². The van der Waals surface area contributed by atoms with Gasteiger partial charge in [-0.15, -0.1) is 0 Å². The first-order valence-corrected chi connectivity index (χ1v) is 6.72. The molecule has 0 unspecified atom stereocenters. The molecule has 1 aromatic heterocycles. The summed E-state index contributed by atoms with van der Waals surface area (Å²) < 4.78 is 11.8. The van der Waals surface area contributed by atoms with Crippen LogP contribution in [0, 0.1) is 6.92 Å². The third-order valence-electron chi connectivity index (χ3n) is 4.00. The van der Waals surface area contributed by atoms with Crippen molar-refractivity contribution in [3.63, 3.8) is 0 Å². The average Bonchev–Trinajstić information content (AvgIpc) is 2.56. The Morgan fingerprint density at radius 3 is 2.35 bits per heavy atom. The number of hydrogen-bond acceptors (Lipinski definition) is 5. The standard InChI is InChI=1S/C14H22BN3O2/c1-10-8-12(18-16)17-9-11(10)6-7-15-19-13(2,3)14(4,5)20-15/h6-9H,16H2,1-5H3,(H,17,18)/b7-6+. The maximum atomic E-state index is 5.91. The van der Waals surface area contributed by atoms with Crippen LogP contribution in [0.25, 0.3) is 6.08 Å². The molecule has 0 aromatic carbocycles. The fraction of sp³-hybridized carbons (Fsp3) is 0.500. The molecule has 1 fully saturated rings. The number of nitrogen functional groups attached to an aromatic ring is 1. The van der Waals surface area contributed by atoms with Crippen molar-refractivity contribution in [3.05, 3.63) is 29.4 Å². The summed E-state index contributed by atoms with van der Waals surface area (Å²) in [6.07, 6.45) is 3.73. The number of aromatic nitrogens is 1. The highest BCUT2D eigenvalue weighted by Crippen LogP contribution is 2.37. The van der Waals surface area contributed by atoms with Gasteiger partial charge in [0.2, 0.25) is 0 Å². The van der Waals surface area contributed by atoms with E-state index in [0.717, 1.165) is 11.1 Å². The van der Waals surface area contributed by atoms with Gasteiger partial charge in [-0.1, -0.05) is 12.1 Å². The summed E-state index contributed by atoms with van der Waals surface area (Å²) in [4.78, 5) is 4.19. The lowest BCUT2D eigenvalue weighted by Gasteiger charge is -2.32. The van der Waals surface area contributed by atoms with E-state index in [1.165, 1.54) is 0 Å². The Kier molecular flexibility index (Phi) is 3.91. The van der Waals surface area contributed by atoms with Gasteiger partial charge in [-0.05, 0) is 51.8 Å². The van der Waals surface area contributed by atoms with E-state index in [9.17, 15) is 0 Å². The van der Waals surface area contributed by atoms with Gasteiger partial charge in [0.1, 0.15) is 5.82 Å². The van der Waals surface area contributed by atoms with Crippen molar-refractivity contribution in [2.45, 2.75) is 45.8 Å². The summed E-state index contributed by atoms with van der Waals surface area (Å²) in [6.45, 7) is 10.2. The van der Waals surface area contributed by atoms with E-state index in [1.807, 2.05) is 52.7 Å². The predicted octanol–water partition coefficient (Wildman–Crippen LogP) is 2.32. The van der Waals surface area contributed by atoms with E-state index in [0.29, 0.717) is 5.82 Å². The maximum Gasteiger partial charge on any atom is 0.487 e. The Morgan fingerprint density at radius 1 is 1.25 bits per heavy atom. The van der Waals surface area contributed by atoms with Gasteiger partial charge in [-0.3, -0.25) is 0 Å². The second-order valence-electron chi connectivity index (χ2n) is 6.05. The lowest BCUT2D eigenvalue weighted by Crippen LogP contribution is -2.41. The molecule has 0 saturated carbocycles. The molecule has 20 heavy (non-hydrogen) atoms. The molecule has 108 valence electrons. The predicted molar refractivity (Wildman–Crippen MR) is 81.9 cm³/mol. The molecule has 0 spiro atoms. The first kappa shape index (κ1) is 15.0. The Labute approximate surface area is 120 Å². The fourth-order valence-electron chi connectivity index (χ4n) is 1.97. The second-order valence-corrected chi connectivity index (χ2v) is 6.05. The fourth-order valence-corrected chi connectivity index (χ4v) is 1.97. The van der Waals surface area contributed by atoms with Crippen LogP contribution in [0.15, 0.2) is 18.2 Å². The molecule has 0 amide bonds. The summed E-state index contributed by atoms with van der Waals surface area (Å²) >= 11 is 0. The number of anilines is 1. The minimum Gasteiger partial charge on any atom is -0.400 e. The van der Waals surface area contributed by atoms with Crippen molar-refractivity contribution in [1.82, 2.24) is 4.98 Å². The molecular weight excluding hydrogens is 253 g/mol. The van der Waals surface area contributed by atoms with Crippen molar-refractivity contribution in [1.29, 1.82) is 0 Å². The third kappa shape index (κ3) is 2.87. The quantitative estimate of drug-likeness (QED) is 0.503. The number of pyridine rings is 1. The van der Waals surface area contributed by atoms with Gasteiger partial charge in [0.05, 0.1) is 11.2 Å². The smallest absolute Gasteiger partial charge is 0.400 e. The molecule has 0 radical (unpaired) electrons. The lowest BCUT2D eigenvalue weighted by molar-refractivity contribution is 0.00578. The molecule has 5 nitrogen and oxygen atoms in total. The van der Waals surface area contributed by atoms with Gasteiger partial charge in [-0.2, -0.15) is 0 Å². The molecule has 2 rings (SSSR count). The molecule has 1 saturated heterocycles. The van der Waals surface area contributed by atoms with E-state index in [1.54, 1.807) is 6.20 Å². The zero-order valence-corrected chi connectivity index (χ0v) is 12.7. The van der Waals surface area contributed by atoms with Crippen LogP contribution in [0.2, 0.25) is 0 Å². The number of nitrogens with zero attached hydrogens (tertiary/aromatic N) is 1. The Hall–Kier alpha value is -1.37. The first-order valence-electron chi connectivity index (χ1n) is 6.72. The van der Waals surface area contributed by atoms with Crippen molar-refractivity contribution in [2.75, 3.05) is 5.43 Å². The normalized spacial score (nSPS) is 20.6. The van der Waals surface area contributed by atoms with Crippen LogP contribution in [-0.2, 0) is 9.31 Å². The lowest BCUT2D eigenvalue weighted by atomic mass is 9.89. The summed E-state index contributed by atoms with van der Waals surface area (Å²) in [7, 11) is -0.341. The van der Waals surface area contributed by atoms with Crippen LogP contribution in [0.5, 0.6) is 0 Å². The molecular formula is C14H22BN3O2. The Bertz CT molecular complexity index is 513. The van der Waals surface area contributed by atoms with Gasteiger partial charge < -0.3 is 14.7 Å². The minimum atomic E-state index is -0.341. The first-order chi connectivity index (χ1) is 9.25. The molecule has 3 N–H and O–H groups in total. The Balaban J connectivity index is 2.12. The molecule has 0 bridgehead atoms. The van der Waals surface area contributed by atoms with Crippen LogP contribution in [0.1, 0.15) is 38.8 Å². The summed E-state index contributed by atoms with van der Waals surface area (Å²) in [5.74, 6) is 7.89. The number of nitrogens with two attached hydrogens (primary N) is 1. The maximum absolute atomic E-state index is 5.91. The largest absolute Gasteiger partial charge is 0.487 e. The number of hydrazine groups is 1. The molecule has 1 aromatic rings. The summed E-state index contributed by atoms with van der Waals surface area (Å²) in [5, 5.41) is 0. The van der Waals surface area contributed by atoms with Gasteiger partial charge in [-0.25, -0.2) is 10.8 Å². The van der Waals surface area contributed by atoms with Gasteiger partial charge in [0, 0.05) is 6.20 Å². The zero-order valence-electron chi connectivity index (χ0n) is 12.7. The van der Waals surface area contributed by atoms with Crippen molar-refractivity contribution < 1.29 is 9.31 Å². The second kappa shape index (κ2) is 5.20. The van der Waals surface area contributed by atoms with Crippen LogP contribution in [0.4, 0.5) is 5.82 Å². The third-order valence-corrected chi connectivity index (χ3v) is 4.00. The van der Waals surface area contributed by atoms with Gasteiger partial charge >= 0.3 is 7.12 Å². The van der Waals surface area contributed by atoms with E-state index in [2.05, 4.69) is 10.4 Å². The highest BCUT2D eigenvalue weighted by Gasteiger charge is 2.49. The number of hydrogen-bond donors (Lipinski definition) is 2. The van der Waals surface area contributed by atoms with E-state index in [-0.39, 0.29) is 18.3 Å². The number of aryl methyl sites for hydroxylation is 1. The van der Waals surface area contributed by atoms with E-state index < -0.39 is 0 Å². The molecule has 1 aliphatic heterocycles. The topological polar surface area (TPSA) is 69.4 Å². The monoisotopic (exact) mass is 275 g/mol.